The second kappa shape index (κ2) is 5.57. The van der Waals surface area contributed by atoms with Crippen molar-refractivity contribution >= 4 is 28.9 Å². The molecule has 3 rings (SSSR count). The van der Waals surface area contributed by atoms with Crippen molar-refractivity contribution in [3.63, 3.8) is 0 Å². The van der Waals surface area contributed by atoms with Crippen LogP contribution in [0.25, 0.3) is 0 Å². The highest BCUT2D eigenvalue weighted by atomic mass is 35.5. The fourth-order valence-electron chi connectivity index (χ4n) is 2.02. The number of aromatic nitrogens is 2. The third kappa shape index (κ3) is 3.05. The van der Waals surface area contributed by atoms with Crippen molar-refractivity contribution in [2.45, 2.75) is 13.5 Å². The lowest BCUT2D eigenvalue weighted by atomic mass is 10.2. The summed E-state index contributed by atoms with van der Waals surface area (Å²) >= 11 is 6.20. The molecule has 0 atom stereocenters. The van der Waals surface area contributed by atoms with Crippen LogP contribution in [0.1, 0.15) is 11.5 Å². The molecule has 7 heteroatoms. The molecule has 1 aromatic carbocycles. The highest BCUT2D eigenvalue weighted by molar-refractivity contribution is 6.33. The van der Waals surface area contributed by atoms with Crippen LogP contribution >= 0.6 is 11.6 Å². The maximum absolute atomic E-state index is 11.3. The molecule has 6 nitrogen and oxygen atoms in total. The van der Waals surface area contributed by atoms with Crippen LogP contribution in [0.3, 0.4) is 0 Å². The molecule has 0 radical (unpaired) electrons. The summed E-state index contributed by atoms with van der Waals surface area (Å²) < 4.78 is 5.37. The number of carbonyl (C=O) groups is 1. The van der Waals surface area contributed by atoms with E-state index in [-0.39, 0.29) is 12.5 Å². The van der Waals surface area contributed by atoms with Crippen molar-refractivity contribution in [2.24, 2.45) is 0 Å². The van der Waals surface area contributed by atoms with Crippen molar-refractivity contribution in [2.75, 3.05) is 17.2 Å². The summed E-state index contributed by atoms with van der Waals surface area (Å²) in [4.78, 5) is 19.6. The number of carbonyl (C=O) groups excluding carboxylic acids is 1. The van der Waals surface area contributed by atoms with Crippen LogP contribution in [0, 0.1) is 6.92 Å². The molecule has 0 saturated carbocycles. The van der Waals surface area contributed by atoms with Gasteiger partial charge in [0.1, 0.15) is 11.6 Å². The molecule has 2 heterocycles. The number of halogens is 1. The summed E-state index contributed by atoms with van der Waals surface area (Å²) in [6.45, 7) is 2.37. The summed E-state index contributed by atoms with van der Waals surface area (Å²) in [5, 5.41) is 6.42. The fraction of sp³-hybridized carbons (Fsp3) is 0.214. The number of amides is 1. The molecule has 1 aromatic heterocycles. The van der Waals surface area contributed by atoms with Gasteiger partial charge in [-0.05, 0) is 19.1 Å². The molecular formula is C14H13ClN4O2. The molecule has 1 amide bonds. The minimum absolute atomic E-state index is 0.0131. The molecular weight excluding hydrogens is 292 g/mol. The van der Waals surface area contributed by atoms with E-state index in [1.807, 2.05) is 13.0 Å². The predicted molar refractivity (Wildman–Crippen MR) is 79.7 cm³/mol. The van der Waals surface area contributed by atoms with Gasteiger partial charge in [-0.1, -0.05) is 11.6 Å². The highest BCUT2D eigenvalue weighted by Gasteiger charge is 2.18. The smallest absolute Gasteiger partial charge is 0.262 e. The zero-order valence-corrected chi connectivity index (χ0v) is 12.1. The number of fused-ring (bicyclic) bond motifs is 1. The van der Waals surface area contributed by atoms with Crippen LogP contribution in [-0.2, 0) is 11.3 Å². The van der Waals surface area contributed by atoms with Crippen LogP contribution < -0.4 is 15.4 Å². The topological polar surface area (TPSA) is 76.1 Å². The summed E-state index contributed by atoms with van der Waals surface area (Å²) in [5.41, 5.74) is 2.17. The van der Waals surface area contributed by atoms with Crippen LogP contribution in [-0.4, -0.2) is 22.5 Å². The van der Waals surface area contributed by atoms with Crippen molar-refractivity contribution < 1.29 is 9.53 Å². The van der Waals surface area contributed by atoms with Gasteiger partial charge < -0.3 is 15.4 Å². The molecule has 0 fully saturated rings. The molecule has 1 aliphatic heterocycles. The SMILES string of the molecule is Cc1nccc(CNc2cc3c(cc2Cl)NC(=O)CO3)n1. The van der Waals surface area contributed by atoms with E-state index in [0.29, 0.717) is 23.0 Å². The van der Waals surface area contributed by atoms with Gasteiger partial charge in [-0.25, -0.2) is 9.97 Å². The lowest BCUT2D eigenvalue weighted by Crippen LogP contribution is -2.25. The number of anilines is 2. The van der Waals surface area contributed by atoms with E-state index in [1.54, 1.807) is 18.3 Å². The van der Waals surface area contributed by atoms with Crippen LogP contribution in [0.2, 0.25) is 5.02 Å². The fourth-order valence-corrected chi connectivity index (χ4v) is 2.26. The van der Waals surface area contributed by atoms with Crippen molar-refractivity contribution in [1.29, 1.82) is 0 Å². The first kappa shape index (κ1) is 13.6. The molecule has 0 aliphatic carbocycles. The first-order valence-electron chi connectivity index (χ1n) is 6.40. The van der Waals surface area contributed by atoms with Gasteiger partial charge in [0.05, 0.1) is 28.6 Å². The zero-order chi connectivity index (χ0) is 14.8. The number of aryl methyl sites for hydroxylation is 1. The Hall–Kier alpha value is -2.34. The number of nitrogens with one attached hydrogen (secondary N) is 2. The van der Waals surface area contributed by atoms with Crippen molar-refractivity contribution in [3.05, 3.63) is 40.9 Å². The number of benzene rings is 1. The second-order valence-corrected chi connectivity index (χ2v) is 5.02. The van der Waals surface area contributed by atoms with E-state index in [1.165, 1.54) is 0 Å². The molecule has 21 heavy (non-hydrogen) atoms. The van der Waals surface area contributed by atoms with Crippen LogP contribution in [0.5, 0.6) is 5.75 Å². The van der Waals surface area contributed by atoms with E-state index < -0.39 is 0 Å². The lowest BCUT2D eigenvalue weighted by molar-refractivity contribution is -0.118. The van der Waals surface area contributed by atoms with E-state index in [2.05, 4.69) is 20.6 Å². The molecule has 1 aliphatic rings. The predicted octanol–water partition coefficient (Wildman–Crippen LogP) is 2.38. The first-order valence-corrected chi connectivity index (χ1v) is 6.78. The van der Waals surface area contributed by atoms with Gasteiger partial charge in [-0.15, -0.1) is 0 Å². The minimum Gasteiger partial charge on any atom is -0.482 e. The Morgan fingerprint density at radius 3 is 3.14 bits per heavy atom. The average molecular weight is 305 g/mol. The quantitative estimate of drug-likeness (QED) is 0.910. The maximum atomic E-state index is 11.3. The first-order chi connectivity index (χ1) is 10.1. The van der Waals surface area contributed by atoms with Gasteiger partial charge in [-0.3, -0.25) is 4.79 Å². The van der Waals surface area contributed by atoms with E-state index in [4.69, 9.17) is 16.3 Å². The number of hydrogen-bond acceptors (Lipinski definition) is 5. The van der Waals surface area contributed by atoms with Gasteiger partial charge in [0.2, 0.25) is 0 Å². The Kier molecular flexibility index (Phi) is 3.62. The lowest BCUT2D eigenvalue weighted by Gasteiger charge is -2.20. The van der Waals surface area contributed by atoms with E-state index in [0.717, 1.165) is 17.2 Å². The van der Waals surface area contributed by atoms with E-state index >= 15 is 0 Å². The number of ether oxygens (including phenoxy) is 1. The van der Waals surface area contributed by atoms with Crippen molar-refractivity contribution in [3.8, 4) is 5.75 Å². The summed E-state index contributed by atoms with van der Waals surface area (Å²) in [6, 6.07) is 5.27. The Morgan fingerprint density at radius 1 is 1.48 bits per heavy atom. The third-order valence-electron chi connectivity index (χ3n) is 3.00. The van der Waals surface area contributed by atoms with Gasteiger partial charge in [0.15, 0.2) is 6.61 Å². The van der Waals surface area contributed by atoms with E-state index in [9.17, 15) is 4.79 Å². The van der Waals surface area contributed by atoms with Crippen molar-refractivity contribution in [1.82, 2.24) is 9.97 Å². The Bertz CT molecular complexity index is 705. The number of nitrogens with zero attached hydrogens (tertiary/aromatic N) is 2. The Morgan fingerprint density at radius 2 is 2.33 bits per heavy atom. The Labute approximate surface area is 126 Å². The summed E-state index contributed by atoms with van der Waals surface area (Å²) in [5.74, 6) is 1.13. The average Bonchev–Trinajstić information content (AvgIpc) is 2.45. The third-order valence-corrected chi connectivity index (χ3v) is 3.31. The molecule has 0 saturated heterocycles. The maximum Gasteiger partial charge on any atom is 0.262 e. The standard InChI is InChI=1S/C14H13ClN4O2/c1-8-16-3-2-9(18-8)6-17-11-5-13-12(4-10(11)15)19-14(20)7-21-13/h2-5,17H,6-7H2,1H3,(H,19,20). The minimum atomic E-state index is -0.185. The normalized spacial score (nSPS) is 13.1. The molecule has 0 unspecified atom stereocenters. The van der Waals surface area contributed by atoms with Gasteiger partial charge >= 0.3 is 0 Å². The van der Waals surface area contributed by atoms with Gasteiger partial charge in [-0.2, -0.15) is 0 Å². The largest absolute Gasteiger partial charge is 0.482 e. The molecule has 2 N–H and O–H groups in total. The van der Waals surface area contributed by atoms with Gasteiger partial charge in [0.25, 0.3) is 5.91 Å². The summed E-state index contributed by atoms with van der Waals surface area (Å²) in [6.07, 6.45) is 1.71. The molecule has 108 valence electrons. The number of hydrogen-bond donors (Lipinski definition) is 2. The Balaban J connectivity index is 1.78. The molecule has 0 spiro atoms. The zero-order valence-electron chi connectivity index (χ0n) is 11.3. The van der Waals surface area contributed by atoms with Gasteiger partial charge in [0, 0.05) is 12.3 Å². The van der Waals surface area contributed by atoms with Crippen LogP contribution in [0.15, 0.2) is 24.4 Å². The van der Waals surface area contributed by atoms with Crippen LogP contribution in [0.4, 0.5) is 11.4 Å². The second-order valence-electron chi connectivity index (χ2n) is 4.61. The summed E-state index contributed by atoms with van der Waals surface area (Å²) in [7, 11) is 0. The monoisotopic (exact) mass is 304 g/mol. The number of rotatable bonds is 3. The molecule has 2 aromatic rings. The molecule has 0 bridgehead atoms. The highest BCUT2D eigenvalue weighted by Crippen LogP contribution is 2.36.